The number of amides is 2. The number of nitrogens with one attached hydrogen (secondary N) is 1. The number of benzene rings is 2. The number of carbonyl (C=O) groups is 2. The fourth-order valence-corrected chi connectivity index (χ4v) is 3.61. The van der Waals surface area contributed by atoms with Gasteiger partial charge in [0.1, 0.15) is 0 Å². The topological polar surface area (TPSA) is 58.6 Å². The van der Waals surface area contributed by atoms with Crippen LogP contribution < -0.4 is 10.1 Å². The van der Waals surface area contributed by atoms with Gasteiger partial charge in [0.25, 0.3) is 5.91 Å². The second-order valence-electron chi connectivity index (χ2n) is 7.20. The van der Waals surface area contributed by atoms with Crippen LogP contribution >= 0.6 is 11.6 Å². The van der Waals surface area contributed by atoms with E-state index in [4.69, 9.17) is 16.3 Å². The van der Waals surface area contributed by atoms with Crippen LogP contribution in [0.5, 0.6) is 5.75 Å². The molecule has 29 heavy (non-hydrogen) atoms. The Morgan fingerprint density at radius 3 is 2.41 bits per heavy atom. The van der Waals surface area contributed by atoms with Crippen LogP contribution in [0.4, 0.5) is 4.39 Å². The maximum absolute atomic E-state index is 13.9. The first-order chi connectivity index (χ1) is 13.9. The predicted octanol–water partition coefficient (Wildman–Crippen LogP) is 4.22. The van der Waals surface area contributed by atoms with E-state index in [1.807, 2.05) is 6.92 Å². The number of rotatable bonds is 5. The first kappa shape index (κ1) is 21.1. The summed E-state index contributed by atoms with van der Waals surface area (Å²) < 4.78 is 18.8. The van der Waals surface area contributed by atoms with Gasteiger partial charge in [-0.05, 0) is 61.7 Å². The largest absolute Gasteiger partial charge is 0.494 e. The van der Waals surface area contributed by atoms with Crippen LogP contribution in [-0.4, -0.2) is 36.9 Å². The van der Waals surface area contributed by atoms with Crippen LogP contribution in [0.15, 0.2) is 42.5 Å². The third-order valence-corrected chi connectivity index (χ3v) is 5.53. The van der Waals surface area contributed by atoms with Crippen LogP contribution in [0.2, 0.25) is 5.02 Å². The van der Waals surface area contributed by atoms with E-state index in [1.54, 1.807) is 41.3 Å². The van der Waals surface area contributed by atoms with Gasteiger partial charge in [0.05, 0.1) is 13.2 Å². The number of nitrogens with zero attached hydrogens (tertiary/aromatic N) is 1. The van der Waals surface area contributed by atoms with Crippen molar-refractivity contribution in [1.29, 1.82) is 0 Å². The number of piperidine rings is 1. The smallest absolute Gasteiger partial charge is 0.253 e. The van der Waals surface area contributed by atoms with Gasteiger partial charge in [-0.3, -0.25) is 9.59 Å². The van der Waals surface area contributed by atoms with Gasteiger partial charge in [-0.15, -0.1) is 0 Å². The standard InChI is InChI=1S/C22H24ClFN2O3/c1-14(17-5-8-20(29-2)19(24)13-17)25-21(27)15-9-11-26(12-10-15)22(28)16-3-6-18(23)7-4-16/h3-8,13-15H,9-12H2,1-2H3,(H,25,27)/t14-/m1/s1. The summed E-state index contributed by atoms with van der Waals surface area (Å²) in [6.07, 6.45) is 1.18. The third kappa shape index (κ3) is 5.07. The second kappa shape index (κ2) is 9.27. The molecular formula is C22H24ClFN2O3. The average Bonchev–Trinajstić information content (AvgIpc) is 2.73. The summed E-state index contributed by atoms with van der Waals surface area (Å²) in [7, 11) is 1.41. The molecule has 2 amide bonds. The van der Waals surface area contributed by atoms with Crippen molar-refractivity contribution in [2.24, 2.45) is 5.92 Å². The van der Waals surface area contributed by atoms with Gasteiger partial charge in [-0.2, -0.15) is 0 Å². The predicted molar refractivity (Wildman–Crippen MR) is 110 cm³/mol. The molecule has 0 aliphatic carbocycles. The Morgan fingerprint density at radius 1 is 1.17 bits per heavy atom. The minimum Gasteiger partial charge on any atom is -0.494 e. The van der Waals surface area contributed by atoms with Gasteiger partial charge in [0, 0.05) is 29.6 Å². The zero-order valence-electron chi connectivity index (χ0n) is 16.5. The molecule has 154 valence electrons. The van der Waals surface area contributed by atoms with Crippen LogP contribution in [-0.2, 0) is 4.79 Å². The molecule has 0 spiro atoms. The van der Waals surface area contributed by atoms with Gasteiger partial charge in [0.2, 0.25) is 5.91 Å². The Hall–Kier alpha value is -2.60. The lowest BCUT2D eigenvalue weighted by Crippen LogP contribution is -2.43. The highest BCUT2D eigenvalue weighted by Gasteiger charge is 2.28. The van der Waals surface area contributed by atoms with E-state index in [-0.39, 0.29) is 29.5 Å². The fourth-order valence-electron chi connectivity index (χ4n) is 3.49. The van der Waals surface area contributed by atoms with Crippen LogP contribution in [0.3, 0.4) is 0 Å². The van der Waals surface area contributed by atoms with Gasteiger partial charge < -0.3 is 15.0 Å². The van der Waals surface area contributed by atoms with Crippen molar-refractivity contribution >= 4 is 23.4 Å². The Morgan fingerprint density at radius 2 is 1.83 bits per heavy atom. The first-order valence-corrected chi connectivity index (χ1v) is 9.95. The van der Waals surface area contributed by atoms with Gasteiger partial charge in [0.15, 0.2) is 11.6 Å². The maximum atomic E-state index is 13.9. The van der Waals surface area contributed by atoms with E-state index in [1.165, 1.54) is 13.2 Å². The molecule has 1 saturated heterocycles. The molecule has 1 aliphatic heterocycles. The zero-order valence-corrected chi connectivity index (χ0v) is 17.2. The molecule has 5 nitrogen and oxygen atoms in total. The Bertz CT molecular complexity index is 880. The van der Waals surface area contributed by atoms with Crippen molar-refractivity contribution in [2.75, 3.05) is 20.2 Å². The summed E-state index contributed by atoms with van der Waals surface area (Å²) in [6.45, 7) is 2.86. The number of hydrogen-bond donors (Lipinski definition) is 1. The van der Waals surface area contributed by atoms with E-state index in [9.17, 15) is 14.0 Å². The van der Waals surface area contributed by atoms with Crippen molar-refractivity contribution < 1.29 is 18.7 Å². The van der Waals surface area contributed by atoms with Gasteiger partial charge in [-0.1, -0.05) is 17.7 Å². The molecule has 0 aromatic heterocycles. The quantitative estimate of drug-likeness (QED) is 0.791. The number of methoxy groups -OCH3 is 1. The summed E-state index contributed by atoms with van der Waals surface area (Å²) in [4.78, 5) is 27.0. The van der Waals surface area contributed by atoms with Crippen LogP contribution in [0.1, 0.15) is 41.7 Å². The van der Waals surface area contributed by atoms with E-state index < -0.39 is 5.82 Å². The SMILES string of the molecule is COc1ccc([C@@H](C)NC(=O)C2CCN(C(=O)c3ccc(Cl)cc3)CC2)cc1F. The van der Waals surface area contributed by atoms with Crippen molar-refractivity contribution in [1.82, 2.24) is 10.2 Å². The Balaban J connectivity index is 1.53. The van der Waals surface area contributed by atoms with Crippen molar-refractivity contribution in [3.63, 3.8) is 0 Å². The van der Waals surface area contributed by atoms with E-state index in [0.29, 0.717) is 42.1 Å². The molecular weight excluding hydrogens is 395 g/mol. The number of hydrogen-bond acceptors (Lipinski definition) is 3. The molecule has 1 atom stereocenters. The highest BCUT2D eigenvalue weighted by atomic mass is 35.5. The summed E-state index contributed by atoms with van der Waals surface area (Å²) in [5.74, 6) is -0.588. The summed E-state index contributed by atoms with van der Waals surface area (Å²) in [5, 5.41) is 3.53. The molecule has 0 unspecified atom stereocenters. The lowest BCUT2D eigenvalue weighted by Gasteiger charge is -2.32. The molecule has 0 saturated carbocycles. The zero-order chi connectivity index (χ0) is 21.0. The molecule has 2 aromatic carbocycles. The minimum absolute atomic E-state index is 0.0531. The summed E-state index contributed by atoms with van der Waals surface area (Å²) in [5.41, 5.74) is 1.26. The molecule has 0 bridgehead atoms. The Labute approximate surface area is 174 Å². The monoisotopic (exact) mass is 418 g/mol. The third-order valence-electron chi connectivity index (χ3n) is 5.28. The van der Waals surface area contributed by atoms with Gasteiger partial charge >= 0.3 is 0 Å². The molecule has 1 fully saturated rings. The molecule has 2 aromatic rings. The number of ether oxygens (including phenoxy) is 1. The molecule has 1 heterocycles. The number of carbonyl (C=O) groups excluding carboxylic acids is 2. The van der Waals surface area contributed by atoms with E-state index in [2.05, 4.69) is 5.32 Å². The molecule has 1 N–H and O–H groups in total. The minimum atomic E-state index is -0.458. The number of halogens is 2. The van der Waals surface area contributed by atoms with Crippen molar-refractivity contribution in [3.05, 3.63) is 64.4 Å². The Kier molecular flexibility index (Phi) is 6.75. The molecule has 3 rings (SSSR count). The van der Waals surface area contributed by atoms with Crippen LogP contribution in [0, 0.1) is 11.7 Å². The second-order valence-corrected chi connectivity index (χ2v) is 7.63. The highest BCUT2D eigenvalue weighted by molar-refractivity contribution is 6.30. The summed E-state index contributed by atoms with van der Waals surface area (Å²) in [6, 6.07) is 11.1. The maximum Gasteiger partial charge on any atom is 0.253 e. The lowest BCUT2D eigenvalue weighted by atomic mass is 9.94. The number of likely N-dealkylation sites (tertiary alicyclic amines) is 1. The molecule has 1 aliphatic rings. The first-order valence-electron chi connectivity index (χ1n) is 9.57. The van der Waals surface area contributed by atoms with Crippen LogP contribution in [0.25, 0.3) is 0 Å². The van der Waals surface area contributed by atoms with Crippen molar-refractivity contribution in [2.45, 2.75) is 25.8 Å². The summed E-state index contributed by atoms with van der Waals surface area (Å²) >= 11 is 5.87. The molecule has 7 heteroatoms. The average molecular weight is 419 g/mol. The fraction of sp³-hybridized carbons (Fsp3) is 0.364. The van der Waals surface area contributed by atoms with Gasteiger partial charge in [-0.25, -0.2) is 4.39 Å². The van der Waals surface area contributed by atoms with Crippen molar-refractivity contribution in [3.8, 4) is 5.75 Å². The van der Waals surface area contributed by atoms with E-state index in [0.717, 1.165) is 0 Å². The highest BCUT2D eigenvalue weighted by Crippen LogP contribution is 2.24. The normalized spacial score (nSPS) is 15.7. The lowest BCUT2D eigenvalue weighted by molar-refractivity contribution is -0.127. The molecule has 0 radical (unpaired) electrons. The van der Waals surface area contributed by atoms with E-state index >= 15 is 0 Å².